The first-order valence-electron chi connectivity index (χ1n) is 8.31. The van der Waals surface area contributed by atoms with E-state index < -0.39 is 5.60 Å². The van der Waals surface area contributed by atoms with Gasteiger partial charge in [-0.3, -0.25) is 0 Å². The number of methoxy groups -OCH3 is 1. The Morgan fingerprint density at radius 2 is 1.96 bits per heavy atom. The summed E-state index contributed by atoms with van der Waals surface area (Å²) in [5, 5.41) is 11.8. The Morgan fingerprint density at radius 1 is 1.17 bits per heavy atom. The van der Waals surface area contributed by atoms with E-state index >= 15 is 0 Å². The Bertz CT molecular complexity index is 717. The molecule has 0 saturated carbocycles. The van der Waals surface area contributed by atoms with E-state index in [9.17, 15) is 5.11 Å². The molecule has 2 aromatic rings. The van der Waals surface area contributed by atoms with Crippen LogP contribution in [0.1, 0.15) is 29.5 Å². The summed E-state index contributed by atoms with van der Waals surface area (Å²) in [5.74, 6) is 1.70. The standard InChI is InChI=1S/C20H25NO2S/c1-21(2)12-6-11-20(22)17-8-5-4-7-15(17)14-24-19-13-16(23-3)9-10-18(19)20/h4-5,7-10,13,22H,6,11-12,14H2,1-3H3/t20-/m0/s1. The minimum absolute atomic E-state index is 0.710. The van der Waals surface area contributed by atoms with Crippen LogP contribution in [-0.4, -0.2) is 37.8 Å². The molecule has 1 N–H and O–H groups in total. The molecule has 0 radical (unpaired) electrons. The van der Waals surface area contributed by atoms with Crippen LogP contribution in [0.5, 0.6) is 5.75 Å². The van der Waals surface area contributed by atoms with Gasteiger partial charge in [0.15, 0.2) is 0 Å². The molecule has 0 saturated heterocycles. The number of hydrogen-bond donors (Lipinski definition) is 1. The van der Waals surface area contributed by atoms with Gasteiger partial charge in [0.05, 0.1) is 7.11 Å². The summed E-state index contributed by atoms with van der Waals surface area (Å²) in [6.45, 7) is 0.961. The summed E-state index contributed by atoms with van der Waals surface area (Å²) in [6.07, 6.45) is 1.65. The van der Waals surface area contributed by atoms with Gasteiger partial charge in [0.1, 0.15) is 11.4 Å². The van der Waals surface area contributed by atoms with Crippen LogP contribution in [-0.2, 0) is 11.4 Å². The SMILES string of the molecule is COc1ccc2c(c1)SCc1ccccc1[C@@]2(O)CCCN(C)C. The van der Waals surface area contributed by atoms with Crippen LogP contribution in [0, 0.1) is 0 Å². The largest absolute Gasteiger partial charge is 0.497 e. The van der Waals surface area contributed by atoms with E-state index in [-0.39, 0.29) is 0 Å². The van der Waals surface area contributed by atoms with E-state index in [1.807, 2.05) is 24.3 Å². The molecule has 0 spiro atoms. The molecule has 0 aromatic heterocycles. The average Bonchev–Trinajstić information content (AvgIpc) is 2.70. The van der Waals surface area contributed by atoms with Crippen molar-refractivity contribution in [2.24, 2.45) is 0 Å². The van der Waals surface area contributed by atoms with Crippen LogP contribution in [0.2, 0.25) is 0 Å². The number of benzene rings is 2. The third-order valence-corrected chi connectivity index (χ3v) is 5.73. The van der Waals surface area contributed by atoms with Gasteiger partial charge in [-0.05, 0) is 56.7 Å². The second-order valence-electron chi connectivity index (χ2n) is 6.58. The van der Waals surface area contributed by atoms with Crippen LogP contribution < -0.4 is 4.74 Å². The van der Waals surface area contributed by atoms with E-state index in [1.54, 1.807) is 18.9 Å². The normalized spacial score (nSPS) is 19.5. The molecule has 3 rings (SSSR count). The molecule has 0 unspecified atom stereocenters. The summed E-state index contributed by atoms with van der Waals surface area (Å²) in [4.78, 5) is 3.27. The Balaban J connectivity index is 2.07. The van der Waals surface area contributed by atoms with Gasteiger partial charge in [-0.2, -0.15) is 0 Å². The van der Waals surface area contributed by atoms with Crippen molar-refractivity contribution in [2.75, 3.05) is 27.7 Å². The lowest BCUT2D eigenvalue weighted by Crippen LogP contribution is -2.30. The van der Waals surface area contributed by atoms with E-state index in [4.69, 9.17) is 4.74 Å². The Kier molecular flexibility index (Phi) is 5.18. The van der Waals surface area contributed by atoms with E-state index in [0.717, 1.165) is 40.5 Å². The van der Waals surface area contributed by atoms with Crippen molar-refractivity contribution < 1.29 is 9.84 Å². The Morgan fingerprint density at radius 3 is 2.71 bits per heavy atom. The number of fused-ring (bicyclic) bond motifs is 2. The summed E-state index contributed by atoms with van der Waals surface area (Å²) < 4.78 is 5.38. The number of nitrogens with zero attached hydrogens (tertiary/aromatic N) is 1. The van der Waals surface area contributed by atoms with Gasteiger partial charge in [0.25, 0.3) is 0 Å². The average molecular weight is 343 g/mol. The maximum absolute atomic E-state index is 11.8. The minimum Gasteiger partial charge on any atom is -0.497 e. The first-order valence-corrected chi connectivity index (χ1v) is 9.30. The maximum atomic E-state index is 11.8. The lowest BCUT2D eigenvalue weighted by Gasteiger charge is -2.31. The smallest absolute Gasteiger partial charge is 0.120 e. The lowest BCUT2D eigenvalue weighted by atomic mass is 9.80. The van der Waals surface area contributed by atoms with Crippen molar-refractivity contribution in [3.63, 3.8) is 0 Å². The van der Waals surface area contributed by atoms with Crippen LogP contribution in [0.3, 0.4) is 0 Å². The van der Waals surface area contributed by atoms with Gasteiger partial charge in [0.2, 0.25) is 0 Å². The first-order chi connectivity index (χ1) is 11.5. The van der Waals surface area contributed by atoms with Crippen LogP contribution in [0.15, 0.2) is 47.4 Å². The summed E-state index contributed by atoms with van der Waals surface area (Å²) in [6, 6.07) is 14.3. The van der Waals surface area contributed by atoms with E-state index in [2.05, 4.69) is 37.2 Å². The predicted octanol–water partition coefficient (Wildman–Crippen LogP) is 3.88. The molecule has 1 aliphatic heterocycles. The first kappa shape index (κ1) is 17.3. The van der Waals surface area contributed by atoms with Gasteiger partial charge in [0, 0.05) is 16.2 Å². The second-order valence-corrected chi connectivity index (χ2v) is 7.59. The van der Waals surface area contributed by atoms with E-state index in [1.165, 1.54) is 5.56 Å². The Hall–Kier alpha value is -1.49. The number of hydrogen-bond acceptors (Lipinski definition) is 4. The highest BCUT2D eigenvalue weighted by Crippen LogP contribution is 2.46. The Labute approximate surface area is 148 Å². The summed E-state index contributed by atoms with van der Waals surface area (Å²) in [7, 11) is 5.82. The molecule has 1 heterocycles. The highest BCUT2D eigenvalue weighted by Gasteiger charge is 2.37. The molecular weight excluding hydrogens is 318 g/mol. The molecule has 24 heavy (non-hydrogen) atoms. The predicted molar refractivity (Wildman–Crippen MR) is 99.8 cm³/mol. The highest BCUT2D eigenvalue weighted by molar-refractivity contribution is 7.98. The fourth-order valence-corrected chi connectivity index (χ4v) is 4.52. The molecule has 3 nitrogen and oxygen atoms in total. The van der Waals surface area contributed by atoms with Crippen molar-refractivity contribution in [1.29, 1.82) is 0 Å². The number of ether oxygens (including phenoxy) is 1. The molecule has 1 aliphatic rings. The third-order valence-electron chi connectivity index (χ3n) is 4.62. The molecular formula is C20H25NO2S. The lowest BCUT2D eigenvalue weighted by molar-refractivity contribution is 0.0635. The third kappa shape index (κ3) is 3.32. The zero-order valence-corrected chi connectivity index (χ0v) is 15.4. The fourth-order valence-electron chi connectivity index (χ4n) is 3.36. The maximum Gasteiger partial charge on any atom is 0.120 e. The minimum atomic E-state index is -0.947. The number of thioether (sulfide) groups is 1. The second kappa shape index (κ2) is 7.18. The molecule has 0 bridgehead atoms. The van der Waals surface area contributed by atoms with Crippen molar-refractivity contribution >= 4 is 11.8 Å². The summed E-state index contributed by atoms with van der Waals surface area (Å²) in [5.41, 5.74) is 2.31. The number of aliphatic hydroxyl groups is 1. The van der Waals surface area contributed by atoms with Gasteiger partial charge in [-0.1, -0.05) is 30.3 Å². The van der Waals surface area contributed by atoms with Crippen LogP contribution in [0.25, 0.3) is 0 Å². The molecule has 0 fully saturated rings. The quantitative estimate of drug-likeness (QED) is 0.893. The van der Waals surface area contributed by atoms with Gasteiger partial charge < -0.3 is 14.7 Å². The van der Waals surface area contributed by atoms with Gasteiger partial charge in [-0.15, -0.1) is 11.8 Å². The van der Waals surface area contributed by atoms with Gasteiger partial charge in [-0.25, -0.2) is 0 Å². The van der Waals surface area contributed by atoms with Gasteiger partial charge >= 0.3 is 0 Å². The van der Waals surface area contributed by atoms with Crippen LogP contribution in [0.4, 0.5) is 0 Å². The molecule has 2 aromatic carbocycles. The molecule has 1 atom stereocenters. The van der Waals surface area contributed by atoms with Crippen molar-refractivity contribution in [3.8, 4) is 5.75 Å². The zero-order valence-electron chi connectivity index (χ0n) is 14.6. The molecule has 4 heteroatoms. The fraction of sp³-hybridized carbons (Fsp3) is 0.400. The topological polar surface area (TPSA) is 32.7 Å². The molecule has 0 amide bonds. The highest BCUT2D eigenvalue weighted by atomic mass is 32.2. The monoisotopic (exact) mass is 343 g/mol. The van der Waals surface area contributed by atoms with Crippen LogP contribution >= 0.6 is 11.8 Å². The van der Waals surface area contributed by atoms with Crippen molar-refractivity contribution in [3.05, 3.63) is 59.2 Å². The molecule has 0 aliphatic carbocycles. The van der Waals surface area contributed by atoms with E-state index in [0.29, 0.717) is 6.42 Å². The zero-order chi connectivity index (χ0) is 17.2. The summed E-state index contributed by atoms with van der Waals surface area (Å²) >= 11 is 1.77. The molecule has 128 valence electrons. The number of rotatable bonds is 5. The van der Waals surface area contributed by atoms with Crippen molar-refractivity contribution in [2.45, 2.75) is 29.1 Å². The van der Waals surface area contributed by atoms with Crippen molar-refractivity contribution in [1.82, 2.24) is 4.90 Å².